The summed E-state index contributed by atoms with van der Waals surface area (Å²) in [5.41, 5.74) is 8.79. The molecule has 0 unspecified atom stereocenters. The molecule has 0 aliphatic carbocycles. The van der Waals surface area contributed by atoms with Gasteiger partial charge >= 0.3 is 0 Å². The number of benzene rings is 1. The molecule has 0 fully saturated rings. The van der Waals surface area contributed by atoms with Crippen molar-refractivity contribution in [1.29, 1.82) is 0 Å². The van der Waals surface area contributed by atoms with Crippen LogP contribution in [-0.4, -0.2) is 29.4 Å². The van der Waals surface area contributed by atoms with Gasteiger partial charge in [-0.1, -0.05) is 19.6 Å². The molecule has 0 saturated carbocycles. The van der Waals surface area contributed by atoms with Gasteiger partial charge in [-0.05, 0) is 44.5 Å². The van der Waals surface area contributed by atoms with E-state index < -0.39 is 8.07 Å². The number of fused-ring (bicyclic) bond motifs is 1. The number of aryl methyl sites for hydroxylation is 2. The van der Waals surface area contributed by atoms with E-state index >= 15 is 0 Å². The molecule has 0 aliphatic heterocycles. The maximum Gasteiger partial charge on any atom is 0.139 e. The van der Waals surface area contributed by atoms with E-state index in [4.69, 9.17) is 9.84 Å². The Hall–Kier alpha value is -1.50. The van der Waals surface area contributed by atoms with Crippen LogP contribution in [0.4, 0.5) is 0 Å². The average molecular weight is 374 g/mol. The average Bonchev–Trinajstić information content (AvgIpc) is 3.07. The van der Waals surface area contributed by atoms with E-state index in [2.05, 4.69) is 57.5 Å². The van der Waals surface area contributed by atoms with Crippen LogP contribution < -0.4 is 0 Å². The number of thiazole rings is 1. The first-order valence-corrected chi connectivity index (χ1v) is 13.3. The zero-order chi connectivity index (χ0) is 18.2. The van der Waals surface area contributed by atoms with Crippen LogP contribution in [0.15, 0.2) is 17.6 Å². The van der Waals surface area contributed by atoms with Crippen LogP contribution >= 0.6 is 11.3 Å². The van der Waals surface area contributed by atoms with Gasteiger partial charge in [-0.3, -0.25) is 0 Å². The standard InChI is InChI=1S/C19H27N3OSSi/c1-13-9-16(19-17(10-13)24-11-20-19)18-14(2)21-22(15(18)3)12-23-7-8-25(4,5)6/h9-11H,7-8,12H2,1-6H3. The Morgan fingerprint density at radius 2 is 1.92 bits per heavy atom. The highest BCUT2D eigenvalue weighted by Gasteiger charge is 2.18. The van der Waals surface area contributed by atoms with Gasteiger partial charge in [-0.2, -0.15) is 5.10 Å². The molecule has 3 aromatic rings. The third kappa shape index (κ3) is 4.02. The Labute approximate surface area is 154 Å². The molecular weight excluding hydrogens is 346 g/mol. The van der Waals surface area contributed by atoms with Crippen LogP contribution in [0, 0.1) is 20.8 Å². The molecule has 0 radical (unpaired) electrons. The number of nitrogens with zero attached hydrogens (tertiary/aromatic N) is 3. The largest absolute Gasteiger partial charge is 0.360 e. The summed E-state index contributed by atoms with van der Waals surface area (Å²) in [5.74, 6) is 0. The van der Waals surface area contributed by atoms with Crippen LogP contribution in [0.25, 0.3) is 21.3 Å². The Balaban J connectivity index is 1.88. The van der Waals surface area contributed by atoms with Gasteiger partial charge in [0.15, 0.2) is 0 Å². The van der Waals surface area contributed by atoms with Gasteiger partial charge in [-0.15, -0.1) is 11.3 Å². The molecular formula is C19H27N3OSSi. The fraction of sp³-hybridized carbons (Fsp3) is 0.474. The summed E-state index contributed by atoms with van der Waals surface area (Å²) in [5, 5.41) is 4.72. The van der Waals surface area contributed by atoms with Gasteiger partial charge in [0.05, 0.1) is 21.4 Å². The number of rotatable bonds is 6. The third-order valence-electron chi connectivity index (χ3n) is 4.44. The molecule has 0 amide bonds. The molecule has 0 atom stereocenters. The summed E-state index contributed by atoms with van der Waals surface area (Å²) < 4.78 is 9.11. The topological polar surface area (TPSA) is 39.9 Å². The van der Waals surface area contributed by atoms with Crippen molar-refractivity contribution in [1.82, 2.24) is 14.8 Å². The monoisotopic (exact) mass is 373 g/mol. The minimum Gasteiger partial charge on any atom is -0.360 e. The van der Waals surface area contributed by atoms with E-state index in [0.717, 1.165) is 23.5 Å². The normalized spacial score (nSPS) is 12.2. The molecule has 2 heterocycles. The molecule has 2 aromatic heterocycles. The Morgan fingerprint density at radius 1 is 1.16 bits per heavy atom. The van der Waals surface area contributed by atoms with Crippen molar-refractivity contribution in [2.45, 2.75) is 53.2 Å². The Bertz CT molecular complexity index is 892. The summed E-state index contributed by atoms with van der Waals surface area (Å²) in [6.45, 7) is 14.8. The van der Waals surface area contributed by atoms with Gasteiger partial charge in [0.2, 0.25) is 0 Å². The fourth-order valence-corrected chi connectivity index (χ4v) is 4.59. The highest BCUT2D eigenvalue weighted by atomic mass is 32.1. The van der Waals surface area contributed by atoms with E-state index in [1.165, 1.54) is 27.4 Å². The van der Waals surface area contributed by atoms with Gasteiger partial charge in [-0.25, -0.2) is 9.67 Å². The SMILES string of the molecule is Cc1cc(-c2c(C)nn(COCC[Si](C)(C)C)c2C)c2ncsc2c1. The number of ether oxygens (including phenoxy) is 1. The van der Waals surface area contributed by atoms with Crippen LogP contribution in [0.3, 0.4) is 0 Å². The summed E-state index contributed by atoms with van der Waals surface area (Å²) >= 11 is 1.69. The van der Waals surface area contributed by atoms with E-state index in [9.17, 15) is 0 Å². The highest BCUT2D eigenvalue weighted by molar-refractivity contribution is 7.16. The van der Waals surface area contributed by atoms with E-state index in [-0.39, 0.29) is 0 Å². The van der Waals surface area contributed by atoms with E-state index in [0.29, 0.717) is 6.73 Å². The second-order valence-electron chi connectivity index (χ2n) is 7.90. The van der Waals surface area contributed by atoms with E-state index in [1.807, 2.05) is 10.2 Å². The predicted molar refractivity (Wildman–Crippen MR) is 109 cm³/mol. The second kappa shape index (κ2) is 7.01. The Kier molecular flexibility index (Phi) is 5.13. The third-order valence-corrected chi connectivity index (χ3v) is 6.92. The maximum absolute atomic E-state index is 5.90. The van der Waals surface area contributed by atoms with Crippen LogP contribution in [0.5, 0.6) is 0 Å². The zero-order valence-electron chi connectivity index (χ0n) is 16.0. The first-order valence-electron chi connectivity index (χ1n) is 8.72. The lowest BCUT2D eigenvalue weighted by Crippen LogP contribution is -2.22. The van der Waals surface area contributed by atoms with Crippen molar-refractivity contribution < 1.29 is 4.74 Å². The molecule has 4 nitrogen and oxygen atoms in total. The molecule has 6 heteroatoms. The summed E-state index contributed by atoms with van der Waals surface area (Å²) in [4.78, 5) is 4.58. The van der Waals surface area contributed by atoms with Crippen molar-refractivity contribution in [3.8, 4) is 11.1 Å². The molecule has 25 heavy (non-hydrogen) atoms. The fourth-order valence-electron chi connectivity index (χ4n) is 3.04. The van der Waals surface area contributed by atoms with Gasteiger partial charge < -0.3 is 4.74 Å². The van der Waals surface area contributed by atoms with Crippen molar-refractivity contribution in [2.24, 2.45) is 0 Å². The van der Waals surface area contributed by atoms with E-state index in [1.54, 1.807) is 11.3 Å². The quantitative estimate of drug-likeness (QED) is 0.429. The number of hydrogen-bond acceptors (Lipinski definition) is 4. The predicted octanol–water partition coefficient (Wildman–Crippen LogP) is 5.40. The molecule has 134 valence electrons. The van der Waals surface area contributed by atoms with Crippen LogP contribution in [0.2, 0.25) is 25.7 Å². The smallest absolute Gasteiger partial charge is 0.139 e. The zero-order valence-corrected chi connectivity index (χ0v) is 17.8. The number of aromatic nitrogens is 3. The maximum atomic E-state index is 5.90. The van der Waals surface area contributed by atoms with Crippen molar-refractivity contribution in [3.05, 3.63) is 34.6 Å². The minimum atomic E-state index is -1.06. The molecule has 0 spiro atoms. The highest BCUT2D eigenvalue weighted by Crippen LogP contribution is 2.35. The lowest BCUT2D eigenvalue weighted by Gasteiger charge is -2.15. The summed E-state index contributed by atoms with van der Waals surface area (Å²) in [7, 11) is -1.06. The molecule has 1 aromatic carbocycles. The van der Waals surface area contributed by atoms with Crippen molar-refractivity contribution in [2.75, 3.05) is 6.61 Å². The van der Waals surface area contributed by atoms with Gasteiger partial charge in [0.1, 0.15) is 6.73 Å². The second-order valence-corrected chi connectivity index (χ2v) is 14.4. The molecule has 0 N–H and O–H groups in total. The lowest BCUT2D eigenvalue weighted by molar-refractivity contribution is 0.0770. The lowest BCUT2D eigenvalue weighted by atomic mass is 10.0. The molecule has 3 rings (SSSR count). The summed E-state index contributed by atoms with van der Waals surface area (Å²) in [6, 6.07) is 5.59. The molecule has 0 bridgehead atoms. The van der Waals surface area contributed by atoms with Gasteiger partial charge in [0.25, 0.3) is 0 Å². The first-order chi connectivity index (χ1) is 11.8. The Morgan fingerprint density at radius 3 is 2.64 bits per heavy atom. The van der Waals surface area contributed by atoms with Crippen molar-refractivity contribution in [3.63, 3.8) is 0 Å². The number of hydrogen-bond donors (Lipinski definition) is 0. The molecule has 0 saturated heterocycles. The first kappa shape index (κ1) is 18.3. The van der Waals surface area contributed by atoms with Crippen LogP contribution in [-0.2, 0) is 11.5 Å². The molecule has 0 aliphatic rings. The van der Waals surface area contributed by atoms with Gasteiger partial charge in [0, 0.05) is 31.5 Å². The summed E-state index contributed by atoms with van der Waals surface area (Å²) in [6.07, 6.45) is 0. The van der Waals surface area contributed by atoms with Crippen LogP contribution in [0.1, 0.15) is 17.0 Å². The minimum absolute atomic E-state index is 0.517. The van der Waals surface area contributed by atoms with Crippen molar-refractivity contribution >= 4 is 29.6 Å².